The average Bonchev–Trinajstić information content (AvgIpc) is 3.61. The second kappa shape index (κ2) is 6.57. The van der Waals surface area contributed by atoms with Gasteiger partial charge < -0.3 is 14.6 Å². The minimum atomic E-state index is -0.395. The summed E-state index contributed by atoms with van der Waals surface area (Å²) in [6.45, 7) is 3.54. The fourth-order valence-corrected chi connectivity index (χ4v) is 4.39. The van der Waals surface area contributed by atoms with Crippen molar-refractivity contribution in [1.29, 1.82) is 0 Å². The van der Waals surface area contributed by atoms with Crippen LogP contribution in [0.15, 0.2) is 28.7 Å². The number of piperidine rings is 1. The first kappa shape index (κ1) is 17.6. The molecule has 0 bridgehead atoms. The quantitative estimate of drug-likeness (QED) is 0.851. The summed E-state index contributed by atoms with van der Waals surface area (Å²) in [4.78, 5) is 14.6. The molecule has 1 N–H and O–H groups in total. The molecule has 5 rings (SSSR count). The molecular formula is C21H25FN4O2. The van der Waals surface area contributed by atoms with Gasteiger partial charge in [0.1, 0.15) is 11.9 Å². The van der Waals surface area contributed by atoms with E-state index in [1.54, 1.807) is 12.1 Å². The Kier molecular flexibility index (Phi) is 4.14. The molecule has 7 heteroatoms. The standard InChI is InChI=1S/C21H25FN4O2/c1-13(19(27)26-10-8-21(6-7-21)9-11-26)23-20-25-24-18(28-20)17-12-16(17)14-2-4-15(22)5-3-14/h2-5,13,16-17H,6-12H2,1H3,(H,23,25)/t13-,16?,17?/m0/s1. The Morgan fingerprint density at radius 3 is 2.57 bits per heavy atom. The van der Waals surface area contributed by atoms with E-state index < -0.39 is 6.04 Å². The molecule has 1 saturated heterocycles. The third-order valence-corrected chi connectivity index (χ3v) is 6.65. The highest BCUT2D eigenvalue weighted by atomic mass is 19.1. The molecular weight excluding hydrogens is 359 g/mol. The lowest BCUT2D eigenvalue weighted by molar-refractivity contribution is -0.133. The van der Waals surface area contributed by atoms with Crippen molar-refractivity contribution in [2.75, 3.05) is 18.4 Å². The Bertz CT molecular complexity index is 867. The molecule has 2 heterocycles. The summed E-state index contributed by atoms with van der Waals surface area (Å²) in [5.41, 5.74) is 1.64. The van der Waals surface area contributed by atoms with Crippen molar-refractivity contribution in [2.45, 2.75) is 56.9 Å². The molecule has 6 nitrogen and oxygen atoms in total. The van der Waals surface area contributed by atoms with E-state index in [4.69, 9.17) is 4.42 Å². The van der Waals surface area contributed by atoms with Crippen LogP contribution in [-0.2, 0) is 4.79 Å². The number of aromatic nitrogens is 2. The van der Waals surface area contributed by atoms with Gasteiger partial charge in [-0.15, -0.1) is 5.10 Å². The van der Waals surface area contributed by atoms with Crippen molar-refractivity contribution in [2.24, 2.45) is 5.41 Å². The Morgan fingerprint density at radius 1 is 1.18 bits per heavy atom. The molecule has 3 aliphatic rings. The Hall–Kier alpha value is -2.44. The van der Waals surface area contributed by atoms with Gasteiger partial charge in [0, 0.05) is 19.0 Å². The van der Waals surface area contributed by atoms with E-state index in [-0.39, 0.29) is 29.6 Å². The molecule has 1 amide bonds. The number of benzene rings is 1. The van der Waals surface area contributed by atoms with Gasteiger partial charge in [-0.1, -0.05) is 17.2 Å². The van der Waals surface area contributed by atoms with E-state index in [1.807, 2.05) is 11.8 Å². The van der Waals surface area contributed by atoms with Gasteiger partial charge in [-0.3, -0.25) is 4.79 Å². The number of nitrogens with one attached hydrogen (secondary N) is 1. The lowest BCUT2D eigenvalue weighted by atomic mass is 9.93. The molecule has 148 valence electrons. The first-order valence-corrected chi connectivity index (χ1v) is 10.2. The topological polar surface area (TPSA) is 71.3 Å². The summed E-state index contributed by atoms with van der Waals surface area (Å²) < 4.78 is 18.8. The van der Waals surface area contributed by atoms with Crippen LogP contribution < -0.4 is 5.32 Å². The Morgan fingerprint density at radius 2 is 1.89 bits per heavy atom. The fraction of sp³-hybridized carbons (Fsp3) is 0.571. The van der Waals surface area contributed by atoms with Crippen LogP contribution in [0.25, 0.3) is 0 Å². The molecule has 1 aromatic heterocycles. The van der Waals surface area contributed by atoms with E-state index in [2.05, 4.69) is 15.5 Å². The molecule has 3 atom stereocenters. The predicted molar refractivity (Wildman–Crippen MR) is 101 cm³/mol. The Balaban J connectivity index is 1.16. The van der Waals surface area contributed by atoms with Crippen molar-refractivity contribution in [3.63, 3.8) is 0 Å². The van der Waals surface area contributed by atoms with Crippen LogP contribution in [0.1, 0.15) is 62.3 Å². The summed E-state index contributed by atoms with van der Waals surface area (Å²) in [6, 6.07) is 6.46. The van der Waals surface area contributed by atoms with Gasteiger partial charge in [0.15, 0.2) is 0 Å². The predicted octanol–water partition coefficient (Wildman–Crippen LogP) is 3.68. The largest absolute Gasteiger partial charge is 0.408 e. The number of anilines is 1. The molecule has 3 fully saturated rings. The minimum Gasteiger partial charge on any atom is -0.408 e. The van der Waals surface area contributed by atoms with E-state index in [1.165, 1.54) is 25.0 Å². The first-order chi connectivity index (χ1) is 13.5. The van der Waals surface area contributed by atoms with Gasteiger partial charge >= 0.3 is 6.01 Å². The highest BCUT2D eigenvalue weighted by Gasteiger charge is 2.46. The maximum atomic E-state index is 13.1. The molecule has 2 unspecified atom stereocenters. The molecule has 1 aliphatic heterocycles. The lowest BCUT2D eigenvalue weighted by Gasteiger charge is -2.33. The monoisotopic (exact) mass is 384 g/mol. The van der Waals surface area contributed by atoms with Gasteiger partial charge in [-0.05, 0) is 68.1 Å². The number of rotatable bonds is 5. The van der Waals surface area contributed by atoms with Gasteiger partial charge in [-0.25, -0.2) is 4.39 Å². The van der Waals surface area contributed by atoms with Gasteiger partial charge in [-0.2, -0.15) is 0 Å². The van der Waals surface area contributed by atoms with E-state index in [0.717, 1.165) is 37.9 Å². The highest BCUT2D eigenvalue weighted by molar-refractivity contribution is 5.83. The summed E-state index contributed by atoms with van der Waals surface area (Å²) in [5.74, 6) is 0.883. The zero-order chi connectivity index (χ0) is 19.3. The minimum absolute atomic E-state index is 0.0888. The SMILES string of the molecule is C[C@H](Nc1nnc(C2CC2c2ccc(F)cc2)o1)C(=O)N1CCC2(CC1)CC2. The van der Waals surface area contributed by atoms with Crippen LogP contribution in [0.4, 0.5) is 10.4 Å². The van der Waals surface area contributed by atoms with E-state index >= 15 is 0 Å². The molecule has 0 radical (unpaired) electrons. The number of amides is 1. The van der Waals surface area contributed by atoms with Crippen molar-refractivity contribution in [3.05, 3.63) is 41.5 Å². The summed E-state index contributed by atoms with van der Waals surface area (Å²) in [7, 11) is 0. The number of halogens is 1. The number of nitrogens with zero attached hydrogens (tertiary/aromatic N) is 3. The van der Waals surface area contributed by atoms with Crippen LogP contribution >= 0.6 is 0 Å². The van der Waals surface area contributed by atoms with E-state index in [9.17, 15) is 9.18 Å². The van der Waals surface area contributed by atoms with Crippen molar-refractivity contribution in [3.8, 4) is 0 Å². The normalized spacial score (nSPS) is 26.1. The van der Waals surface area contributed by atoms with Gasteiger partial charge in [0.25, 0.3) is 0 Å². The molecule has 2 aromatic rings. The maximum Gasteiger partial charge on any atom is 0.316 e. The third kappa shape index (κ3) is 3.38. The lowest BCUT2D eigenvalue weighted by Crippen LogP contribution is -2.45. The first-order valence-electron chi connectivity index (χ1n) is 10.2. The zero-order valence-electron chi connectivity index (χ0n) is 16.0. The second-order valence-corrected chi connectivity index (χ2v) is 8.64. The zero-order valence-corrected chi connectivity index (χ0v) is 16.0. The number of carbonyl (C=O) groups is 1. The van der Waals surface area contributed by atoms with Crippen molar-refractivity contribution < 1.29 is 13.6 Å². The molecule has 2 saturated carbocycles. The van der Waals surface area contributed by atoms with Gasteiger partial charge in [0.05, 0.1) is 0 Å². The number of hydrogen-bond acceptors (Lipinski definition) is 5. The maximum absolute atomic E-state index is 13.1. The number of likely N-dealkylation sites (tertiary alicyclic amines) is 1. The highest BCUT2D eigenvalue weighted by Crippen LogP contribution is 2.54. The average molecular weight is 384 g/mol. The van der Waals surface area contributed by atoms with Crippen LogP contribution in [-0.4, -0.2) is 40.1 Å². The summed E-state index contributed by atoms with van der Waals surface area (Å²) in [5, 5.41) is 11.3. The van der Waals surface area contributed by atoms with Crippen molar-refractivity contribution >= 4 is 11.9 Å². The Labute approximate surface area is 163 Å². The van der Waals surface area contributed by atoms with Crippen LogP contribution in [0.2, 0.25) is 0 Å². The summed E-state index contributed by atoms with van der Waals surface area (Å²) >= 11 is 0. The fourth-order valence-electron chi connectivity index (χ4n) is 4.39. The third-order valence-electron chi connectivity index (χ3n) is 6.65. The van der Waals surface area contributed by atoms with E-state index in [0.29, 0.717) is 11.3 Å². The number of hydrogen-bond donors (Lipinski definition) is 1. The van der Waals surface area contributed by atoms with Gasteiger partial charge in [0.2, 0.25) is 11.8 Å². The van der Waals surface area contributed by atoms with Crippen LogP contribution in [0, 0.1) is 11.2 Å². The second-order valence-electron chi connectivity index (χ2n) is 8.64. The molecule has 1 spiro atoms. The molecule has 28 heavy (non-hydrogen) atoms. The number of carbonyl (C=O) groups excluding carboxylic acids is 1. The molecule has 1 aromatic carbocycles. The van der Waals surface area contributed by atoms with Crippen molar-refractivity contribution in [1.82, 2.24) is 15.1 Å². The summed E-state index contributed by atoms with van der Waals surface area (Å²) in [6.07, 6.45) is 5.82. The smallest absolute Gasteiger partial charge is 0.316 e. The van der Waals surface area contributed by atoms with Crippen LogP contribution in [0.3, 0.4) is 0 Å². The van der Waals surface area contributed by atoms with Crippen LogP contribution in [0.5, 0.6) is 0 Å². The molecule has 2 aliphatic carbocycles.